The lowest BCUT2D eigenvalue weighted by Gasteiger charge is -2.32. The fraction of sp³-hybridized carbons (Fsp3) is 0.382. The number of likely N-dealkylation sites (tertiary alicyclic amines) is 1. The van der Waals surface area contributed by atoms with Crippen molar-refractivity contribution in [1.82, 2.24) is 14.8 Å². The average Bonchev–Trinajstić information content (AvgIpc) is 3.34. The number of halogens is 2. The minimum Gasteiger partial charge on any atom is -0.383 e. The highest BCUT2D eigenvalue weighted by Gasteiger charge is 2.27. The molecule has 3 aromatic carbocycles. The number of hydrogen-bond acceptors (Lipinski definition) is 4. The summed E-state index contributed by atoms with van der Waals surface area (Å²) in [7, 11) is 1.60. The van der Waals surface area contributed by atoms with Crippen LogP contribution in [-0.2, 0) is 11.2 Å². The van der Waals surface area contributed by atoms with Gasteiger partial charge in [-0.2, -0.15) is 0 Å². The maximum Gasteiger partial charge on any atom is 0.251 e. The molecule has 1 saturated heterocycles. The van der Waals surface area contributed by atoms with Crippen molar-refractivity contribution in [2.45, 2.75) is 43.4 Å². The van der Waals surface area contributed by atoms with Crippen LogP contribution in [0.2, 0.25) is 0 Å². The summed E-state index contributed by atoms with van der Waals surface area (Å²) in [6, 6.07) is 19.4. The van der Waals surface area contributed by atoms with Gasteiger partial charge in [-0.05, 0) is 129 Å². The van der Waals surface area contributed by atoms with Crippen LogP contribution in [0.3, 0.4) is 0 Å². The lowest BCUT2D eigenvalue weighted by Crippen LogP contribution is -2.34. The molecule has 8 heteroatoms. The van der Waals surface area contributed by atoms with Gasteiger partial charge in [0.1, 0.15) is 11.6 Å². The van der Waals surface area contributed by atoms with Gasteiger partial charge in [-0.3, -0.25) is 4.79 Å². The number of nitrogens with zero attached hydrogens (tertiary/aromatic N) is 2. The summed E-state index contributed by atoms with van der Waals surface area (Å²) in [5.74, 6) is 0.832. The first-order valence-corrected chi connectivity index (χ1v) is 15.8. The maximum absolute atomic E-state index is 14.6. The first kappa shape index (κ1) is 30.3. The van der Waals surface area contributed by atoms with E-state index in [2.05, 4.69) is 21.7 Å². The van der Waals surface area contributed by atoms with Crippen LogP contribution in [-0.4, -0.2) is 61.0 Å². The van der Waals surface area contributed by atoms with Gasteiger partial charge < -0.3 is 19.5 Å². The van der Waals surface area contributed by atoms with Crippen LogP contribution in [0.15, 0.2) is 71.6 Å². The summed E-state index contributed by atoms with van der Waals surface area (Å²) in [4.78, 5) is 16.2. The number of carbonyl (C=O) groups is 1. The molecule has 4 aromatic rings. The highest BCUT2D eigenvalue weighted by atomic mass is 32.2. The fourth-order valence-electron chi connectivity index (χ4n) is 6.02. The summed E-state index contributed by atoms with van der Waals surface area (Å²) < 4.78 is 34.9. The van der Waals surface area contributed by atoms with Crippen LogP contribution in [0, 0.1) is 11.6 Å². The molecule has 42 heavy (non-hydrogen) atoms. The van der Waals surface area contributed by atoms with Crippen LogP contribution >= 0.6 is 11.8 Å². The highest BCUT2D eigenvalue weighted by molar-refractivity contribution is 7.99. The number of hydrogen-bond donors (Lipinski definition) is 1. The smallest absolute Gasteiger partial charge is 0.251 e. The van der Waals surface area contributed by atoms with E-state index in [4.69, 9.17) is 4.74 Å². The van der Waals surface area contributed by atoms with Crippen molar-refractivity contribution in [2.24, 2.45) is 0 Å². The second kappa shape index (κ2) is 14.3. The number of aromatic nitrogens is 1. The summed E-state index contributed by atoms with van der Waals surface area (Å²) in [6.07, 6.45) is 4.04. The second-order valence-corrected chi connectivity index (χ2v) is 11.9. The minimum atomic E-state index is -0.252. The Hall–Kier alpha value is -3.20. The number of thioether (sulfide) groups is 1. The van der Waals surface area contributed by atoms with E-state index >= 15 is 0 Å². The van der Waals surface area contributed by atoms with Crippen LogP contribution in [0.4, 0.5) is 8.78 Å². The molecule has 1 N–H and O–H groups in total. The van der Waals surface area contributed by atoms with Gasteiger partial charge in [0.25, 0.3) is 5.91 Å². The highest BCUT2D eigenvalue weighted by Crippen LogP contribution is 2.40. The van der Waals surface area contributed by atoms with Crippen molar-refractivity contribution in [3.63, 3.8) is 0 Å². The Morgan fingerprint density at radius 1 is 1.00 bits per heavy atom. The predicted molar refractivity (Wildman–Crippen MR) is 167 cm³/mol. The minimum absolute atomic E-state index is 0.140. The van der Waals surface area contributed by atoms with Crippen LogP contribution in [0.5, 0.6) is 0 Å². The first-order valence-electron chi connectivity index (χ1n) is 14.8. The van der Waals surface area contributed by atoms with Gasteiger partial charge in [-0.1, -0.05) is 6.92 Å². The van der Waals surface area contributed by atoms with Crippen molar-refractivity contribution >= 4 is 28.6 Å². The zero-order chi connectivity index (χ0) is 29.5. The van der Waals surface area contributed by atoms with Gasteiger partial charge in [0.2, 0.25) is 0 Å². The molecule has 1 aliphatic rings. The Bertz CT molecular complexity index is 1480. The number of benzene rings is 3. The Labute approximate surface area is 251 Å². The number of methoxy groups -OCH3 is 1. The second-order valence-electron chi connectivity index (χ2n) is 10.8. The number of rotatable bonds is 12. The van der Waals surface area contributed by atoms with Gasteiger partial charge >= 0.3 is 0 Å². The molecule has 1 fully saturated rings. The lowest BCUT2D eigenvalue weighted by atomic mass is 9.87. The molecule has 0 saturated carbocycles. The SMILES string of the molecule is CCc1c(C2CCN(CCCSc3ccc(F)cc3)CC2)c2ccc(F)cc2n1-c1ccc(C(=O)NCCOC)cc1. The van der Waals surface area contributed by atoms with Gasteiger partial charge in [-0.25, -0.2) is 8.78 Å². The summed E-state index contributed by atoms with van der Waals surface area (Å²) in [5, 5.41) is 3.97. The fourth-order valence-corrected chi connectivity index (χ4v) is 6.86. The van der Waals surface area contributed by atoms with Gasteiger partial charge in [-0.15, -0.1) is 11.8 Å². The number of fused-ring (bicyclic) bond motifs is 1. The first-order chi connectivity index (χ1) is 20.5. The van der Waals surface area contributed by atoms with E-state index in [1.807, 2.05) is 42.5 Å². The van der Waals surface area contributed by atoms with Gasteiger partial charge in [0.15, 0.2) is 0 Å². The van der Waals surface area contributed by atoms with Crippen molar-refractivity contribution < 1.29 is 18.3 Å². The molecule has 0 atom stereocenters. The monoisotopic (exact) mass is 591 g/mol. The predicted octanol–water partition coefficient (Wildman–Crippen LogP) is 7.21. The normalized spacial score (nSPS) is 14.5. The molecule has 5 rings (SSSR count). The molecule has 1 amide bonds. The Balaban J connectivity index is 1.29. The molecule has 5 nitrogen and oxygen atoms in total. The van der Waals surface area contributed by atoms with Crippen molar-refractivity contribution in [3.05, 3.63) is 95.2 Å². The molecule has 1 aromatic heterocycles. The summed E-state index contributed by atoms with van der Waals surface area (Å²) in [5.41, 5.74) is 4.93. The molecule has 0 unspecified atom stereocenters. The van der Waals surface area contributed by atoms with Gasteiger partial charge in [0.05, 0.1) is 12.1 Å². The summed E-state index contributed by atoms with van der Waals surface area (Å²) >= 11 is 1.78. The largest absolute Gasteiger partial charge is 0.383 e. The molecular formula is C34H39F2N3O2S. The van der Waals surface area contributed by atoms with Crippen LogP contribution in [0.1, 0.15) is 53.7 Å². The molecule has 1 aliphatic heterocycles. The molecule has 0 spiro atoms. The molecule has 0 radical (unpaired) electrons. The number of amides is 1. The van der Waals surface area contributed by atoms with E-state index in [0.717, 1.165) is 72.6 Å². The van der Waals surface area contributed by atoms with Gasteiger partial charge in [0, 0.05) is 40.9 Å². The quantitative estimate of drug-likeness (QED) is 0.140. The Morgan fingerprint density at radius 3 is 2.40 bits per heavy atom. The molecule has 2 heterocycles. The van der Waals surface area contributed by atoms with E-state index in [0.29, 0.717) is 24.6 Å². The van der Waals surface area contributed by atoms with Crippen LogP contribution < -0.4 is 5.32 Å². The van der Waals surface area contributed by atoms with E-state index in [-0.39, 0.29) is 17.5 Å². The zero-order valence-corrected chi connectivity index (χ0v) is 25.2. The van der Waals surface area contributed by atoms with E-state index < -0.39 is 0 Å². The molecule has 222 valence electrons. The third-order valence-electron chi connectivity index (χ3n) is 8.08. The third kappa shape index (κ3) is 7.05. The van der Waals surface area contributed by atoms with Crippen molar-refractivity contribution in [2.75, 3.05) is 45.6 Å². The number of ether oxygens (including phenoxy) is 1. The molecule has 0 bridgehead atoms. The zero-order valence-electron chi connectivity index (χ0n) is 24.4. The summed E-state index contributed by atoms with van der Waals surface area (Å²) in [6.45, 7) is 6.21. The molecule has 0 aliphatic carbocycles. The van der Waals surface area contributed by atoms with E-state index in [9.17, 15) is 13.6 Å². The standard InChI is InChI=1S/C34H39F2N3O2S/c1-3-31-33(24-15-19-38(20-16-24)18-4-22-42-29-12-7-26(35)8-13-29)30-14-9-27(36)23-32(30)39(31)28-10-5-25(6-11-28)34(40)37-17-21-41-2/h5-14,23-24H,3-4,15-22H2,1-2H3,(H,37,40). The maximum atomic E-state index is 14.6. The number of nitrogens with one attached hydrogen (secondary N) is 1. The molecular weight excluding hydrogens is 552 g/mol. The van der Waals surface area contributed by atoms with Crippen molar-refractivity contribution in [1.29, 1.82) is 0 Å². The van der Waals surface area contributed by atoms with E-state index in [1.54, 1.807) is 31.0 Å². The number of carbonyl (C=O) groups excluding carboxylic acids is 1. The topological polar surface area (TPSA) is 46.5 Å². The third-order valence-corrected chi connectivity index (χ3v) is 9.18. The Kier molecular flexibility index (Phi) is 10.3. The number of piperidine rings is 1. The average molecular weight is 592 g/mol. The van der Waals surface area contributed by atoms with E-state index in [1.165, 1.54) is 23.4 Å². The van der Waals surface area contributed by atoms with Crippen molar-refractivity contribution in [3.8, 4) is 5.69 Å². The lowest BCUT2D eigenvalue weighted by molar-refractivity contribution is 0.0937. The Morgan fingerprint density at radius 2 is 1.71 bits per heavy atom. The van der Waals surface area contributed by atoms with Crippen LogP contribution in [0.25, 0.3) is 16.6 Å².